The van der Waals surface area contributed by atoms with Crippen molar-refractivity contribution in [1.29, 1.82) is 0 Å². The van der Waals surface area contributed by atoms with Gasteiger partial charge in [-0.25, -0.2) is 0 Å². The fraction of sp³-hybridized carbons (Fsp3) is 0.412. The second-order valence-corrected chi connectivity index (χ2v) is 5.87. The van der Waals surface area contributed by atoms with E-state index in [2.05, 4.69) is 27.4 Å². The first-order valence-corrected chi connectivity index (χ1v) is 8.07. The lowest BCUT2D eigenvalue weighted by Crippen LogP contribution is -2.43. The molecule has 3 rings (SSSR count). The summed E-state index contributed by atoms with van der Waals surface area (Å²) in [5, 5.41) is 6.38. The first-order valence-electron chi connectivity index (χ1n) is 8.07. The standard InChI is InChI=1S/C17H22N4O2/c1-2-21-9-3-4-14(21)11-19-16(22)17(23)20-13-5-6-15-12(10-13)7-8-18-15/h5-8,10,14,18H,2-4,9,11H2,1H3,(H,19,22)(H,20,23)/t14-/m1/s1. The van der Waals surface area contributed by atoms with Gasteiger partial charge in [0.05, 0.1) is 0 Å². The van der Waals surface area contributed by atoms with Crippen LogP contribution in [0.15, 0.2) is 30.5 Å². The summed E-state index contributed by atoms with van der Waals surface area (Å²) in [5.74, 6) is -1.21. The molecule has 0 unspecified atom stereocenters. The second kappa shape index (κ2) is 6.83. The number of carbonyl (C=O) groups is 2. The summed E-state index contributed by atoms with van der Waals surface area (Å²) < 4.78 is 0. The van der Waals surface area contributed by atoms with Crippen LogP contribution in [0.1, 0.15) is 19.8 Å². The van der Waals surface area contributed by atoms with Gasteiger partial charge in [-0.15, -0.1) is 0 Å². The van der Waals surface area contributed by atoms with E-state index in [0.29, 0.717) is 18.3 Å². The zero-order valence-corrected chi connectivity index (χ0v) is 13.3. The maximum atomic E-state index is 12.0. The molecule has 0 aliphatic carbocycles. The van der Waals surface area contributed by atoms with E-state index in [1.807, 2.05) is 24.4 Å². The Balaban J connectivity index is 1.53. The van der Waals surface area contributed by atoms with Crippen LogP contribution in [-0.2, 0) is 9.59 Å². The number of rotatable bonds is 4. The van der Waals surface area contributed by atoms with E-state index in [0.717, 1.165) is 36.8 Å². The van der Waals surface area contributed by atoms with Crippen molar-refractivity contribution in [2.24, 2.45) is 0 Å². The van der Waals surface area contributed by atoms with Crippen molar-refractivity contribution in [3.8, 4) is 0 Å². The Bertz CT molecular complexity index is 709. The summed E-state index contributed by atoms with van der Waals surface area (Å²) in [6.45, 7) is 4.68. The molecule has 2 amide bonds. The Morgan fingerprint density at radius 3 is 3.00 bits per heavy atom. The molecule has 0 bridgehead atoms. The van der Waals surface area contributed by atoms with E-state index in [9.17, 15) is 9.59 Å². The summed E-state index contributed by atoms with van der Waals surface area (Å²) in [7, 11) is 0. The Hall–Kier alpha value is -2.34. The van der Waals surface area contributed by atoms with Gasteiger partial charge >= 0.3 is 11.8 Å². The van der Waals surface area contributed by atoms with Gasteiger partial charge < -0.3 is 15.6 Å². The van der Waals surface area contributed by atoms with Crippen LogP contribution in [0.3, 0.4) is 0 Å². The second-order valence-electron chi connectivity index (χ2n) is 5.87. The van der Waals surface area contributed by atoms with Gasteiger partial charge in [0.2, 0.25) is 0 Å². The number of amides is 2. The number of nitrogens with one attached hydrogen (secondary N) is 3. The summed E-state index contributed by atoms with van der Waals surface area (Å²) in [4.78, 5) is 29.4. The number of carbonyl (C=O) groups excluding carboxylic acids is 2. The highest BCUT2D eigenvalue weighted by Gasteiger charge is 2.24. The molecular formula is C17H22N4O2. The lowest BCUT2D eigenvalue weighted by molar-refractivity contribution is -0.136. The van der Waals surface area contributed by atoms with Crippen LogP contribution in [0, 0.1) is 0 Å². The monoisotopic (exact) mass is 314 g/mol. The average Bonchev–Trinajstić information content (AvgIpc) is 3.20. The minimum Gasteiger partial charge on any atom is -0.361 e. The smallest absolute Gasteiger partial charge is 0.313 e. The molecule has 1 atom stereocenters. The molecule has 1 fully saturated rings. The Morgan fingerprint density at radius 2 is 2.17 bits per heavy atom. The number of nitrogens with zero attached hydrogens (tertiary/aromatic N) is 1. The molecule has 0 spiro atoms. The average molecular weight is 314 g/mol. The third kappa shape index (κ3) is 3.53. The molecule has 1 aliphatic heterocycles. The van der Waals surface area contributed by atoms with Crippen LogP contribution in [0.2, 0.25) is 0 Å². The minimum atomic E-state index is -0.624. The minimum absolute atomic E-state index is 0.341. The number of benzene rings is 1. The van der Waals surface area contributed by atoms with Gasteiger partial charge in [-0.3, -0.25) is 14.5 Å². The van der Waals surface area contributed by atoms with Gasteiger partial charge in [0.15, 0.2) is 0 Å². The molecule has 23 heavy (non-hydrogen) atoms. The molecule has 2 heterocycles. The maximum absolute atomic E-state index is 12.0. The molecule has 122 valence electrons. The number of hydrogen-bond acceptors (Lipinski definition) is 3. The van der Waals surface area contributed by atoms with E-state index in [-0.39, 0.29) is 0 Å². The lowest BCUT2D eigenvalue weighted by Gasteiger charge is -2.22. The van der Waals surface area contributed by atoms with Crippen LogP contribution in [0.4, 0.5) is 5.69 Å². The molecule has 3 N–H and O–H groups in total. The number of hydrogen-bond donors (Lipinski definition) is 3. The summed E-state index contributed by atoms with van der Waals surface area (Å²) >= 11 is 0. The molecular weight excluding hydrogens is 292 g/mol. The molecule has 6 nitrogen and oxygen atoms in total. The van der Waals surface area contributed by atoms with Crippen molar-refractivity contribution in [3.05, 3.63) is 30.5 Å². The molecule has 2 aromatic rings. The van der Waals surface area contributed by atoms with Crippen molar-refractivity contribution >= 4 is 28.4 Å². The van der Waals surface area contributed by atoms with Gasteiger partial charge in [-0.1, -0.05) is 6.92 Å². The third-order valence-corrected chi connectivity index (χ3v) is 4.42. The van der Waals surface area contributed by atoms with Crippen LogP contribution in [0.25, 0.3) is 10.9 Å². The van der Waals surface area contributed by atoms with E-state index >= 15 is 0 Å². The zero-order chi connectivity index (χ0) is 16.2. The Kier molecular flexibility index (Phi) is 4.62. The number of likely N-dealkylation sites (N-methyl/N-ethyl adjacent to an activating group) is 1. The summed E-state index contributed by atoms with van der Waals surface area (Å²) in [6.07, 6.45) is 4.06. The number of anilines is 1. The molecule has 0 saturated carbocycles. The maximum Gasteiger partial charge on any atom is 0.313 e. The molecule has 1 saturated heterocycles. The van der Waals surface area contributed by atoms with Gasteiger partial charge in [-0.2, -0.15) is 0 Å². The van der Waals surface area contributed by atoms with E-state index in [1.165, 1.54) is 0 Å². The molecule has 1 aromatic carbocycles. The number of aromatic amines is 1. The van der Waals surface area contributed by atoms with E-state index < -0.39 is 11.8 Å². The van der Waals surface area contributed by atoms with Crippen LogP contribution >= 0.6 is 0 Å². The molecule has 1 aliphatic rings. The summed E-state index contributed by atoms with van der Waals surface area (Å²) in [5.41, 5.74) is 1.61. The summed E-state index contributed by atoms with van der Waals surface area (Å²) in [6, 6.07) is 7.75. The highest BCUT2D eigenvalue weighted by atomic mass is 16.2. The molecule has 0 radical (unpaired) electrons. The highest BCUT2D eigenvalue weighted by Crippen LogP contribution is 2.18. The number of H-pyrrole nitrogens is 1. The fourth-order valence-corrected chi connectivity index (χ4v) is 3.15. The normalized spacial score (nSPS) is 18.2. The van der Waals surface area contributed by atoms with Crippen molar-refractivity contribution < 1.29 is 9.59 Å². The SMILES string of the molecule is CCN1CCC[C@@H]1CNC(=O)C(=O)Nc1ccc2[nH]ccc2c1. The fourth-order valence-electron chi connectivity index (χ4n) is 3.15. The molecule has 6 heteroatoms. The van der Waals surface area contributed by atoms with E-state index in [4.69, 9.17) is 0 Å². The zero-order valence-electron chi connectivity index (χ0n) is 13.3. The van der Waals surface area contributed by atoms with Gasteiger partial charge in [0.1, 0.15) is 0 Å². The van der Waals surface area contributed by atoms with E-state index in [1.54, 1.807) is 6.07 Å². The lowest BCUT2D eigenvalue weighted by atomic mass is 10.2. The first kappa shape index (κ1) is 15.6. The van der Waals surface area contributed by atoms with Crippen molar-refractivity contribution in [2.75, 3.05) is 25.0 Å². The number of fused-ring (bicyclic) bond motifs is 1. The van der Waals surface area contributed by atoms with Gasteiger partial charge in [0.25, 0.3) is 0 Å². The van der Waals surface area contributed by atoms with Crippen molar-refractivity contribution in [2.45, 2.75) is 25.8 Å². The van der Waals surface area contributed by atoms with Crippen molar-refractivity contribution in [1.82, 2.24) is 15.2 Å². The number of aromatic nitrogens is 1. The predicted octanol–water partition coefficient (Wildman–Crippen LogP) is 1.71. The van der Waals surface area contributed by atoms with Crippen LogP contribution in [0.5, 0.6) is 0 Å². The quantitative estimate of drug-likeness (QED) is 0.752. The Labute approximate surface area is 135 Å². The Morgan fingerprint density at radius 1 is 1.30 bits per heavy atom. The highest BCUT2D eigenvalue weighted by molar-refractivity contribution is 6.39. The first-order chi connectivity index (χ1) is 11.2. The topological polar surface area (TPSA) is 77.2 Å². The molecule has 1 aromatic heterocycles. The van der Waals surface area contributed by atoms with Gasteiger partial charge in [0, 0.05) is 35.4 Å². The number of likely N-dealkylation sites (tertiary alicyclic amines) is 1. The van der Waals surface area contributed by atoms with Gasteiger partial charge in [-0.05, 0) is 50.2 Å². The van der Waals surface area contributed by atoms with Crippen molar-refractivity contribution in [3.63, 3.8) is 0 Å². The van der Waals surface area contributed by atoms with Crippen LogP contribution < -0.4 is 10.6 Å². The van der Waals surface area contributed by atoms with Crippen LogP contribution in [-0.4, -0.2) is 47.4 Å². The third-order valence-electron chi connectivity index (χ3n) is 4.42. The predicted molar refractivity (Wildman–Crippen MR) is 90.2 cm³/mol. The largest absolute Gasteiger partial charge is 0.361 e.